The summed E-state index contributed by atoms with van der Waals surface area (Å²) in [6, 6.07) is 9.47. The number of rotatable bonds is 13. The van der Waals surface area contributed by atoms with Gasteiger partial charge in [0.05, 0.1) is 24.0 Å². The van der Waals surface area contributed by atoms with E-state index >= 15 is 0 Å². The summed E-state index contributed by atoms with van der Waals surface area (Å²) in [5.41, 5.74) is -3.21. The minimum atomic E-state index is -4.94. The number of nitrogens with one attached hydrogen (secondary N) is 3. The van der Waals surface area contributed by atoms with E-state index in [0.29, 0.717) is 38.8 Å². The lowest BCUT2D eigenvalue weighted by atomic mass is 10.0. The van der Waals surface area contributed by atoms with Gasteiger partial charge in [-0.25, -0.2) is 18.2 Å². The highest BCUT2D eigenvalue weighted by molar-refractivity contribution is 7.81. The smallest absolute Gasteiger partial charge is 0.419 e. The predicted octanol–water partition coefficient (Wildman–Crippen LogP) is 4.69. The van der Waals surface area contributed by atoms with Gasteiger partial charge in [0, 0.05) is 68.2 Å². The number of alkyl halides is 5. The van der Waals surface area contributed by atoms with Gasteiger partial charge in [-0.15, -0.1) is 0 Å². The number of nitrogens with zero attached hydrogens (tertiary/aromatic N) is 6. The van der Waals surface area contributed by atoms with Gasteiger partial charge in [-0.1, -0.05) is 0 Å². The molecule has 4 heterocycles. The van der Waals surface area contributed by atoms with Gasteiger partial charge in [-0.05, 0) is 75.0 Å². The highest BCUT2D eigenvalue weighted by atomic mass is 32.1. The Morgan fingerprint density at radius 3 is 2.42 bits per heavy atom. The second-order valence-electron chi connectivity index (χ2n) is 14.8. The first kappa shape index (κ1) is 43.7. The molecule has 0 radical (unpaired) electrons. The summed E-state index contributed by atoms with van der Waals surface area (Å²) in [6.07, 6.45) is -7.09. The van der Waals surface area contributed by atoms with Crippen LogP contribution in [-0.4, -0.2) is 107 Å². The molecule has 1 unspecified atom stereocenters. The lowest BCUT2D eigenvalue weighted by Crippen LogP contribution is -2.49. The molecule has 0 spiro atoms. The van der Waals surface area contributed by atoms with Crippen LogP contribution in [-0.2, 0) is 31.8 Å². The van der Waals surface area contributed by atoms with Gasteiger partial charge < -0.3 is 20.3 Å². The van der Waals surface area contributed by atoms with Crippen LogP contribution in [0.4, 0.5) is 49.1 Å². The van der Waals surface area contributed by atoms with E-state index in [2.05, 4.69) is 25.8 Å². The number of amides is 4. The third-order valence-corrected chi connectivity index (χ3v) is 10.5. The molecular weight excluding hydrogens is 821 g/mol. The standard InChI is InChI=1S/C39H39F6N9O5S/c1-38(2)36(58)53(27-18-28(39(43,44)45)30(19-46)47-20-27)37(60)54(38)26-3-5-31(22(13-26)14-32(41)42)59-12-11-51-7-9-52(10-8-51)21-34(56)49-25-16-23(40)15-24(17-25)48-29-4-6-33(55)50-35(29)57/h3,5,13,15-18,20,29,32,48H,4,6-12,14,21H2,1-2H3,(H,49,56)(H,50,55,57). The van der Waals surface area contributed by atoms with E-state index in [-0.39, 0.29) is 77.0 Å². The van der Waals surface area contributed by atoms with Crippen molar-refractivity contribution in [1.29, 1.82) is 5.26 Å². The van der Waals surface area contributed by atoms with Crippen molar-refractivity contribution in [3.8, 4) is 11.8 Å². The van der Waals surface area contributed by atoms with Crippen LogP contribution in [0.3, 0.4) is 0 Å². The maximum atomic E-state index is 14.4. The third kappa shape index (κ3) is 9.94. The average Bonchev–Trinajstić information content (AvgIpc) is 3.34. The predicted molar refractivity (Wildman–Crippen MR) is 210 cm³/mol. The Balaban J connectivity index is 1.03. The second-order valence-corrected chi connectivity index (χ2v) is 15.2. The van der Waals surface area contributed by atoms with E-state index < -0.39 is 59.5 Å². The lowest BCUT2D eigenvalue weighted by molar-refractivity contribution is -0.138. The van der Waals surface area contributed by atoms with Crippen LogP contribution >= 0.6 is 12.2 Å². The molecule has 4 amide bonds. The first-order chi connectivity index (χ1) is 28.3. The normalized spacial score (nSPS) is 18.8. The fourth-order valence-corrected chi connectivity index (χ4v) is 7.67. The maximum absolute atomic E-state index is 14.4. The molecule has 0 saturated carbocycles. The number of anilines is 4. The molecule has 0 aliphatic carbocycles. The van der Waals surface area contributed by atoms with Crippen molar-refractivity contribution >= 4 is 63.7 Å². The van der Waals surface area contributed by atoms with Gasteiger partial charge in [-0.2, -0.15) is 18.4 Å². The fourth-order valence-electron chi connectivity index (χ4n) is 7.15. The maximum Gasteiger partial charge on any atom is 0.419 e. The number of hydrogen-bond acceptors (Lipinski definition) is 11. The van der Waals surface area contributed by atoms with Crippen molar-refractivity contribution in [3.63, 3.8) is 0 Å². The number of nitriles is 1. The molecule has 3 aliphatic heterocycles. The van der Waals surface area contributed by atoms with Gasteiger partial charge in [0.1, 0.15) is 35.8 Å². The van der Waals surface area contributed by atoms with Crippen molar-refractivity contribution in [3.05, 3.63) is 71.3 Å². The quantitative estimate of drug-likeness (QED) is 0.124. The molecule has 3 aromatic rings. The summed E-state index contributed by atoms with van der Waals surface area (Å²) < 4.78 is 89.1. The molecular formula is C39H39F6N9O5S. The van der Waals surface area contributed by atoms with Crippen LogP contribution in [0.15, 0.2) is 48.7 Å². The van der Waals surface area contributed by atoms with Crippen molar-refractivity contribution in [2.24, 2.45) is 0 Å². The zero-order valence-electron chi connectivity index (χ0n) is 32.2. The van der Waals surface area contributed by atoms with Crippen molar-refractivity contribution in [1.82, 2.24) is 20.1 Å². The number of halogens is 6. The molecule has 6 rings (SSSR count). The van der Waals surface area contributed by atoms with Crippen molar-refractivity contribution < 1.29 is 50.3 Å². The number of imide groups is 1. The highest BCUT2D eigenvalue weighted by Crippen LogP contribution is 2.40. The van der Waals surface area contributed by atoms with Crippen molar-refractivity contribution in [2.75, 3.05) is 66.3 Å². The third-order valence-electron chi connectivity index (χ3n) is 10.1. The number of pyridine rings is 1. The summed E-state index contributed by atoms with van der Waals surface area (Å²) in [5, 5.41) is 16.7. The van der Waals surface area contributed by atoms with E-state index in [9.17, 15) is 45.5 Å². The summed E-state index contributed by atoms with van der Waals surface area (Å²) >= 11 is 5.57. The molecule has 3 aliphatic rings. The number of piperazine rings is 1. The van der Waals surface area contributed by atoms with Gasteiger partial charge in [0.15, 0.2) is 10.8 Å². The molecule has 21 heteroatoms. The zero-order chi connectivity index (χ0) is 43.5. The van der Waals surface area contributed by atoms with Gasteiger partial charge in [0.25, 0.3) is 5.91 Å². The first-order valence-electron chi connectivity index (χ1n) is 18.7. The summed E-state index contributed by atoms with van der Waals surface area (Å²) in [5.74, 6) is -2.45. The number of thiocarbonyl (C=S) groups is 1. The SMILES string of the molecule is CC1(C)C(=O)N(c2cnc(C#N)c(C(F)(F)F)c2)C(=S)N1c1ccc(OCCN2CCN(CC(=O)Nc3cc(F)cc(NC4CCC(=O)NC4=O)c3)CC2)c(CC(F)F)c1. The number of carbonyl (C=O) groups excluding carboxylic acids is 4. The van der Waals surface area contributed by atoms with E-state index in [1.165, 1.54) is 55.1 Å². The number of carbonyl (C=O) groups is 4. The minimum absolute atomic E-state index is 0.0274. The van der Waals surface area contributed by atoms with E-state index in [4.69, 9.17) is 22.2 Å². The Bertz CT molecular complexity index is 2230. The Labute approximate surface area is 345 Å². The molecule has 14 nitrogen and oxygen atoms in total. The van der Waals surface area contributed by atoms with Crippen molar-refractivity contribution in [2.45, 2.75) is 57.3 Å². The molecule has 0 bridgehead atoms. The molecule has 2 aromatic carbocycles. The minimum Gasteiger partial charge on any atom is -0.492 e. The number of hydrogen-bond donors (Lipinski definition) is 3. The molecule has 1 atom stereocenters. The Hall–Kier alpha value is -5.85. The molecule has 3 saturated heterocycles. The van der Waals surface area contributed by atoms with Gasteiger partial charge >= 0.3 is 6.18 Å². The second kappa shape index (κ2) is 17.8. The van der Waals surface area contributed by atoms with Crippen LogP contribution in [0, 0.1) is 17.1 Å². The van der Waals surface area contributed by atoms with E-state index in [1.54, 1.807) is 0 Å². The van der Waals surface area contributed by atoms with E-state index in [1.807, 2.05) is 4.90 Å². The fraction of sp³-hybridized carbons (Fsp3) is 0.410. The highest BCUT2D eigenvalue weighted by Gasteiger charge is 2.51. The van der Waals surface area contributed by atoms with Crippen LogP contribution in [0.5, 0.6) is 5.75 Å². The molecule has 60 heavy (non-hydrogen) atoms. The number of benzene rings is 2. The number of ether oxygens (including phenoxy) is 1. The van der Waals surface area contributed by atoms with Crippen LogP contribution < -0.4 is 30.5 Å². The topological polar surface area (TPSA) is 163 Å². The number of aromatic nitrogens is 1. The average molecular weight is 860 g/mol. The zero-order valence-corrected chi connectivity index (χ0v) is 33.1. The molecule has 3 N–H and O–H groups in total. The number of piperidine rings is 1. The van der Waals surface area contributed by atoms with E-state index in [0.717, 1.165) is 17.2 Å². The monoisotopic (exact) mass is 859 g/mol. The Morgan fingerprint density at radius 1 is 1.05 bits per heavy atom. The molecule has 1 aromatic heterocycles. The molecule has 3 fully saturated rings. The van der Waals surface area contributed by atoms with Gasteiger partial charge in [-0.3, -0.25) is 39.2 Å². The lowest BCUT2D eigenvalue weighted by Gasteiger charge is -2.34. The Morgan fingerprint density at radius 2 is 1.75 bits per heavy atom. The first-order valence-corrected chi connectivity index (χ1v) is 19.1. The van der Waals surface area contributed by atoms with Crippen LogP contribution in [0.2, 0.25) is 0 Å². The molecule has 318 valence electrons. The van der Waals surface area contributed by atoms with Crippen LogP contribution in [0.1, 0.15) is 43.5 Å². The Kier molecular flexibility index (Phi) is 13.0. The summed E-state index contributed by atoms with van der Waals surface area (Å²) in [4.78, 5) is 59.8. The summed E-state index contributed by atoms with van der Waals surface area (Å²) in [7, 11) is 0. The van der Waals surface area contributed by atoms with Gasteiger partial charge in [0.2, 0.25) is 24.1 Å². The largest absolute Gasteiger partial charge is 0.492 e. The summed E-state index contributed by atoms with van der Waals surface area (Å²) in [6.45, 7) is 5.69. The van der Waals surface area contributed by atoms with Crippen LogP contribution in [0.25, 0.3) is 0 Å².